The zero-order valence-electron chi connectivity index (χ0n) is 11.8. The van der Waals surface area contributed by atoms with E-state index >= 15 is 0 Å². The van der Waals surface area contributed by atoms with Crippen LogP contribution in [0.4, 0.5) is 5.69 Å². The highest BCUT2D eigenvalue weighted by molar-refractivity contribution is 6.11. The lowest BCUT2D eigenvalue weighted by atomic mass is 10.1. The lowest BCUT2D eigenvalue weighted by molar-refractivity contribution is 0.0697. The van der Waals surface area contributed by atoms with E-state index in [4.69, 9.17) is 4.42 Å². The fraction of sp³-hybridized carbons (Fsp3) is 0.235. The lowest BCUT2D eigenvalue weighted by Crippen LogP contribution is -2.03. The van der Waals surface area contributed by atoms with Gasteiger partial charge in [0.1, 0.15) is 5.58 Å². The van der Waals surface area contributed by atoms with Crippen LogP contribution in [-0.4, -0.2) is 17.6 Å². The molecule has 0 bridgehead atoms. The van der Waals surface area contributed by atoms with Gasteiger partial charge in [0, 0.05) is 17.3 Å². The highest BCUT2D eigenvalue weighted by Gasteiger charge is 2.15. The molecule has 0 unspecified atom stereocenters. The van der Waals surface area contributed by atoms with Crippen molar-refractivity contribution in [3.8, 4) is 0 Å². The first-order valence-corrected chi connectivity index (χ1v) is 7.13. The predicted octanol–water partition coefficient (Wildman–Crippen LogP) is 4.50. The lowest BCUT2D eigenvalue weighted by Gasteiger charge is -2.07. The number of hydrogen-bond acceptors (Lipinski definition) is 3. The van der Waals surface area contributed by atoms with Crippen LogP contribution in [0.1, 0.15) is 30.1 Å². The smallest absolute Gasteiger partial charge is 0.335 e. The highest BCUT2D eigenvalue weighted by Crippen LogP contribution is 2.34. The van der Waals surface area contributed by atoms with E-state index in [0.29, 0.717) is 0 Å². The zero-order valence-corrected chi connectivity index (χ0v) is 11.8. The summed E-state index contributed by atoms with van der Waals surface area (Å²) in [6, 6.07) is 11.0. The number of rotatable bonds is 5. The van der Waals surface area contributed by atoms with Crippen LogP contribution in [0.15, 0.2) is 40.8 Å². The van der Waals surface area contributed by atoms with Gasteiger partial charge in [-0.25, -0.2) is 4.79 Å². The van der Waals surface area contributed by atoms with Gasteiger partial charge < -0.3 is 14.8 Å². The third kappa shape index (κ3) is 2.44. The molecule has 0 spiro atoms. The van der Waals surface area contributed by atoms with Gasteiger partial charge in [0.2, 0.25) is 0 Å². The molecule has 108 valence electrons. The second-order valence-electron chi connectivity index (χ2n) is 5.08. The first-order chi connectivity index (χ1) is 10.2. The number of carboxylic acids is 1. The molecule has 1 heterocycles. The van der Waals surface area contributed by atoms with E-state index < -0.39 is 5.97 Å². The van der Waals surface area contributed by atoms with Gasteiger partial charge in [0.15, 0.2) is 5.58 Å². The number of carboxylic acid groups (broad SMARTS) is 1. The van der Waals surface area contributed by atoms with Crippen LogP contribution in [-0.2, 0) is 0 Å². The molecule has 1 aromatic heterocycles. The van der Waals surface area contributed by atoms with Gasteiger partial charge in [-0.3, -0.25) is 0 Å². The average Bonchev–Trinajstić information content (AvgIpc) is 2.86. The largest absolute Gasteiger partial charge is 0.478 e. The number of para-hydroxylation sites is 1. The van der Waals surface area contributed by atoms with Gasteiger partial charge in [-0.1, -0.05) is 31.5 Å². The van der Waals surface area contributed by atoms with E-state index in [2.05, 4.69) is 12.2 Å². The first-order valence-electron chi connectivity index (χ1n) is 7.13. The molecule has 0 saturated heterocycles. The Morgan fingerprint density at radius 3 is 2.81 bits per heavy atom. The van der Waals surface area contributed by atoms with Crippen LogP contribution < -0.4 is 5.32 Å². The normalized spacial score (nSPS) is 11.1. The summed E-state index contributed by atoms with van der Waals surface area (Å²) in [5.74, 6) is -0.930. The maximum atomic E-state index is 11.3. The molecule has 4 heteroatoms. The molecule has 3 aromatic rings. The van der Waals surface area contributed by atoms with Crippen molar-refractivity contribution in [1.29, 1.82) is 0 Å². The van der Waals surface area contributed by atoms with Gasteiger partial charge >= 0.3 is 5.97 Å². The highest BCUT2D eigenvalue weighted by atomic mass is 16.4. The third-order valence-corrected chi connectivity index (χ3v) is 3.57. The molecule has 3 rings (SSSR count). The molecule has 4 nitrogen and oxygen atoms in total. The van der Waals surface area contributed by atoms with E-state index in [1.807, 2.05) is 24.3 Å². The maximum absolute atomic E-state index is 11.3. The third-order valence-electron chi connectivity index (χ3n) is 3.57. The molecule has 2 aromatic carbocycles. The first kappa shape index (κ1) is 13.5. The number of unbranched alkanes of at least 4 members (excludes halogenated alkanes) is 1. The van der Waals surface area contributed by atoms with Crippen molar-refractivity contribution in [1.82, 2.24) is 0 Å². The summed E-state index contributed by atoms with van der Waals surface area (Å²) in [7, 11) is 0. The van der Waals surface area contributed by atoms with E-state index in [0.717, 1.165) is 47.0 Å². The van der Waals surface area contributed by atoms with Crippen LogP contribution in [0.25, 0.3) is 21.9 Å². The number of nitrogens with one attached hydrogen (secondary N) is 1. The van der Waals surface area contributed by atoms with Gasteiger partial charge in [-0.2, -0.15) is 0 Å². The molecule has 0 radical (unpaired) electrons. The van der Waals surface area contributed by atoms with Crippen molar-refractivity contribution < 1.29 is 14.3 Å². The van der Waals surface area contributed by atoms with Crippen molar-refractivity contribution in [3.63, 3.8) is 0 Å². The number of aromatic carboxylic acids is 1. The van der Waals surface area contributed by atoms with Gasteiger partial charge in [-0.05, 0) is 24.6 Å². The van der Waals surface area contributed by atoms with Gasteiger partial charge in [0.25, 0.3) is 0 Å². The average molecular weight is 283 g/mol. The fourth-order valence-electron chi connectivity index (χ4n) is 2.48. The van der Waals surface area contributed by atoms with Crippen molar-refractivity contribution in [2.45, 2.75) is 19.8 Å². The predicted molar refractivity (Wildman–Crippen MR) is 84.1 cm³/mol. The Labute approximate surface area is 122 Å². The summed E-state index contributed by atoms with van der Waals surface area (Å²) in [6.07, 6.45) is 2.11. The summed E-state index contributed by atoms with van der Waals surface area (Å²) >= 11 is 0. The van der Waals surface area contributed by atoms with E-state index in [1.165, 1.54) is 0 Å². The Morgan fingerprint density at radius 1 is 1.24 bits per heavy atom. The van der Waals surface area contributed by atoms with Gasteiger partial charge in [0.05, 0.1) is 11.3 Å². The van der Waals surface area contributed by atoms with E-state index in [-0.39, 0.29) is 5.56 Å². The standard InChI is InChI=1S/C17H17NO3/c1-2-3-8-18-14-10-11(17(19)20)9-13-12-6-4-5-7-15(12)21-16(13)14/h4-7,9-10,18H,2-3,8H2,1H3,(H,19,20). The minimum Gasteiger partial charge on any atom is -0.478 e. The molecule has 21 heavy (non-hydrogen) atoms. The van der Waals surface area contributed by atoms with Crippen LogP contribution in [0.2, 0.25) is 0 Å². The SMILES string of the molecule is CCCCNc1cc(C(=O)O)cc2c1oc1ccccc12. The summed E-state index contributed by atoms with van der Waals surface area (Å²) < 4.78 is 5.89. The number of benzene rings is 2. The minimum atomic E-state index is -0.930. The number of anilines is 1. The molecule has 0 fully saturated rings. The van der Waals surface area contributed by atoms with E-state index in [1.54, 1.807) is 12.1 Å². The fourth-order valence-corrected chi connectivity index (χ4v) is 2.48. The molecule has 0 atom stereocenters. The molecule has 0 aliphatic carbocycles. The number of hydrogen-bond donors (Lipinski definition) is 2. The maximum Gasteiger partial charge on any atom is 0.335 e. The Hall–Kier alpha value is -2.49. The number of fused-ring (bicyclic) bond motifs is 3. The minimum absolute atomic E-state index is 0.271. The summed E-state index contributed by atoms with van der Waals surface area (Å²) in [6.45, 7) is 2.91. The number of carbonyl (C=O) groups is 1. The monoisotopic (exact) mass is 283 g/mol. The summed E-state index contributed by atoms with van der Waals surface area (Å²) in [4.78, 5) is 11.3. The van der Waals surface area contributed by atoms with Gasteiger partial charge in [-0.15, -0.1) is 0 Å². The molecule has 2 N–H and O–H groups in total. The topological polar surface area (TPSA) is 62.5 Å². The van der Waals surface area contributed by atoms with Crippen LogP contribution in [0, 0.1) is 0 Å². The number of furan rings is 1. The van der Waals surface area contributed by atoms with Crippen LogP contribution >= 0.6 is 0 Å². The van der Waals surface area contributed by atoms with Crippen molar-refractivity contribution in [2.24, 2.45) is 0 Å². The Bertz CT molecular complexity index is 804. The molecule has 0 amide bonds. The molecule has 0 saturated carbocycles. The van der Waals surface area contributed by atoms with Crippen LogP contribution in [0.3, 0.4) is 0 Å². The second-order valence-corrected chi connectivity index (χ2v) is 5.08. The van der Waals surface area contributed by atoms with Crippen molar-refractivity contribution in [2.75, 3.05) is 11.9 Å². The van der Waals surface area contributed by atoms with Crippen molar-refractivity contribution >= 4 is 33.6 Å². The van der Waals surface area contributed by atoms with E-state index in [9.17, 15) is 9.90 Å². The molecular formula is C17H17NO3. The Morgan fingerprint density at radius 2 is 2.05 bits per heavy atom. The quantitative estimate of drug-likeness (QED) is 0.677. The zero-order chi connectivity index (χ0) is 14.8. The molecular weight excluding hydrogens is 266 g/mol. The Kier molecular flexibility index (Phi) is 3.52. The molecule has 0 aliphatic heterocycles. The summed E-state index contributed by atoms with van der Waals surface area (Å²) in [5.41, 5.74) is 2.51. The molecule has 0 aliphatic rings. The van der Waals surface area contributed by atoms with Crippen molar-refractivity contribution in [3.05, 3.63) is 42.0 Å². The Balaban J connectivity index is 2.20. The second kappa shape index (κ2) is 5.48. The summed E-state index contributed by atoms with van der Waals surface area (Å²) in [5, 5.41) is 14.4. The van der Waals surface area contributed by atoms with Crippen LogP contribution in [0.5, 0.6) is 0 Å².